The fraction of sp³-hybridized carbons (Fsp3) is 0.421. The quantitative estimate of drug-likeness (QED) is 0.900. The van der Waals surface area contributed by atoms with Crippen molar-refractivity contribution in [3.05, 3.63) is 34.8 Å². The van der Waals surface area contributed by atoms with Gasteiger partial charge in [-0.05, 0) is 37.3 Å². The van der Waals surface area contributed by atoms with Crippen LogP contribution in [0.5, 0.6) is 5.75 Å². The van der Waals surface area contributed by atoms with E-state index in [1.165, 1.54) is 9.78 Å². The van der Waals surface area contributed by atoms with Crippen LogP contribution in [0.15, 0.2) is 24.3 Å². The molecule has 2 amide bonds. The lowest BCUT2D eigenvalue weighted by Crippen LogP contribution is -2.37. The van der Waals surface area contributed by atoms with Crippen LogP contribution in [0.1, 0.15) is 30.3 Å². The number of nitrogens with one attached hydrogen (secondary N) is 1. The molecule has 7 heteroatoms. The normalized spacial score (nSPS) is 19.2. The van der Waals surface area contributed by atoms with Gasteiger partial charge in [0.2, 0.25) is 11.8 Å². The van der Waals surface area contributed by atoms with Crippen LogP contribution in [0, 0.1) is 5.92 Å². The molecule has 0 fully saturated rings. The molecular formula is C19H21N3O3S. The van der Waals surface area contributed by atoms with Gasteiger partial charge in [0.1, 0.15) is 12.3 Å². The highest BCUT2D eigenvalue weighted by atomic mass is 32.1. The predicted octanol–water partition coefficient (Wildman–Crippen LogP) is 3.02. The van der Waals surface area contributed by atoms with Crippen molar-refractivity contribution < 1.29 is 14.3 Å². The number of thiazole rings is 1. The number of anilines is 2. The zero-order valence-electron chi connectivity index (χ0n) is 14.7. The number of carbonyl (C=O) groups is 2. The second-order valence-corrected chi connectivity index (χ2v) is 7.91. The van der Waals surface area contributed by atoms with Gasteiger partial charge in [-0.3, -0.25) is 14.5 Å². The van der Waals surface area contributed by atoms with E-state index >= 15 is 0 Å². The van der Waals surface area contributed by atoms with Crippen LogP contribution in [0.4, 0.5) is 10.8 Å². The van der Waals surface area contributed by atoms with E-state index in [0.717, 1.165) is 25.0 Å². The second-order valence-electron chi connectivity index (χ2n) is 6.83. The Bertz CT molecular complexity index is 848. The first-order valence-corrected chi connectivity index (χ1v) is 9.72. The second kappa shape index (κ2) is 7.07. The van der Waals surface area contributed by atoms with Crippen LogP contribution >= 0.6 is 11.3 Å². The maximum Gasteiger partial charge on any atom is 0.246 e. The van der Waals surface area contributed by atoms with Gasteiger partial charge in [0, 0.05) is 4.88 Å². The van der Waals surface area contributed by atoms with Gasteiger partial charge in [0.05, 0.1) is 24.4 Å². The van der Waals surface area contributed by atoms with E-state index in [1.807, 2.05) is 18.2 Å². The van der Waals surface area contributed by atoms with Gasteiger partial charge >= 0.3 is 0 Å². The molecule has 2 aromatic rings. The van der Waals surface area contributed by atoms with Crippen molar-refractivity contribution in [2.45, 2.75) is 32.6 Å². The summed E-state index contributed by atoms with van der Waals surface area (Å²) in [6.07, 6.45) is 3.39. The van der Waals surface area contributed by atoms with Crippen LogP contribution in [-0.4, -0.2) is 29.9 Å². The topological polar surface area (TPSA) is 71.5 Å². The summed E-state index contributed by atoms with van der Waals surface area (Å²) < 4.78 is 5.61. The Morgan fingerprint density at radius 3 is 3.12 bits per heavy atom. The number of aromatic nitrogens is 1. The molecule has 0 spiro atoms. The Morgan fingerprint density at radius 1 is 1.38 bits per heavy atom. The first-order chi connectivity index (χ1) is 12.6. The van der Waals surface area contributed by atoms with Crippen LogP contribution in [-0.2, 0) is 22.4 Å². The van der Waals surface area contributed by atoms with Gasteiger partial charge in [0.15, 0.2) is 5.13 Å². The summed E-state index contributed by atoms with van der Waals surface area (Å²) in [4.78, 5) is 32.3. The van der Waals surface area contributed by atoms with Crippen LogP contribution in [0.3, 0.4) is 0 Å². The van der Waals surface area contributed by atoms with Crippen molar-refractivity contribution in [2.75, 3.05) is 23.4 Å². The number of para-hydroxylation sites is 2. The maximum absolute atomic E-state index is 12.5. The summed E-state index contributed by atoms with van der Waals surface area (Å²) in [7, 11) is 0. The fourth-order valence-electron chi connectivity index (χ4n) is 3.39. The maximum atomic E-state index is 12.5. The Morgan fingerprint density at radius 2 is 2.23 bits per heavy atom. The summed E-state index contributed by atoms with van der Waals surface area (Å²) in [6.45, 7) is 2.52. The van der Waals surface area contributed by atoms with Gasteiger partial charge in [0.25, 0.3) is 0 Å². The molecule has 2 heterocycles. The van der Waals surface area contributed by atoms with E-state index in [9.17, 15) is 9.59 Å². The molecule has 0 radical (unpaired) electrons. The van der Waals surface area contributed by atoms with E-state index in [2.05, 4.69) is 17.2 Å². The molecule has 1 aliphatic carbocycles. The monoisotopic (exact) mass is 371 g/mol. The highest BCUT2D eigenvalue weighted by Gasteiger charge is 2.26. The van der Waals surface area contributed by atoms with Crippen LogP contribution in [0.25, 0.3) is 0 Å². The molecule has 0 saturated heterocycles. The molecular weight excluding hydrogens is 350 g/mol. The summed E-state index contributed by atoms with van der Waals surface area (Å²) >= 11 is 1.55. The highest BCUT2D eigenvalue weighted by molar-refractivity contribution is 7.15. The minimum atomic E-state index is -0.241. The van der Waals surface area contributed by atoms with Gasteiger partial charge in [-0.1, -0.05) is 19.1 Å². The van der Waals surface area contributed by atoms with Crippen molar-refractivity contribution in [3.8, 4) is 5.75 Å². The minimum absolute atomic E-state index is 0.0418. The Hall–Kier alpha value is -2.41. The number of rotatable bonds is 3. The third-order valence-electron chi connectivity index (χ3n) is 4.76. The third-order valence-corrected chi connectivity index (χ3v) is 5.80. The average Bonchev–Trinajstić information content (AvgIpc) is 2.93. The Labute approximate surface area is 156 Å². The molecule has 1 aromatic carbocycles. The van der Waals surface area contributed by atoms with Crippen molar-refractivity contribution >= 4 is 34.0 Å². The zero-order valence-corrected chi connectivity index (χ0v) is 15.5. The number of fused-ring (bicyclic) bond motifs is 2. The van der Waals surface area contributed by atoms with E-state index in [4.69, 9.17) is 4.74 Å². The summed E-state index contributed by atoms with van der Waals surface area (Å²) in [5.74, 6) is 0.939. The fourth-order valence-corrected chi connectivity index (χ4v) is 4.58. The number of aryl methyl sites for hydroxylation is 1. The number of hydrogen-bond donors (Lipinski definition) is 1. The van der Waals surface area contributed by atoms with Crippen molar-refractivity contribution in [1.29, 1.82) is 0 Å². The van der Waals surface area contributed by atoms with Gasteiger partial charge in [-0.2, -0.15) is 0 Å². The van der Waals surface area contributed by atoms with E-state index < -0.39 is 0 Å². The highest BCUT2D eigenvalue weighted by Crippen LogP contribution is 2.33. The molecule has 0 bridgehead atoms. The van der Waals surface area contributed by atoms with E-state index in [1.54, 1.807) is 17.4 Å². The third kappa shape index (κ3) is 3.44. The van der Waals surface area contributed by atoms with Crippen molar-refractivity contribution in [2.24, 2.45) is 5.92 Å². The number of amides is 2. The molecule has 2 aliphatic rings. The molecule has 4 rings (SSSR count). The SMILES string of the molecule is CC1CCc2nc(NC(=O)CN3C(=O)CCOc4ccccc43)sc2C1. The molecule has 136 valence electrons. The van der Waals surface area contributed by atoms with Crippen molar-refractivity contribution in [1.82, 2.24) is 4.98 Å². The average molecular weight is 371 g/mol. The lowest BCUT2D eigenvalue weighted by molar-refractivity contribution is -0.121. The smallest absolute Gasteiger partial charge is 0.246 e. The molecule has 0 saturated carbocycles. The lowest BCUT2D eigenvalue weighted by Gasteiger charge is -2.20. The molecule has 1 atom stereocenters. The molecule has 1 aromatic heterocycles. The number of carbonyl (C=O) groups excluding carboxylic acids is 2. The molecule has 1 aliphatic heterocycles. The number of nitrogens with zero attached hydrogens (tertiary/aromatic N) is 2. The van der Waals surface area contributed by atoms with Crippen molar-refractivity contribution in [3.63, 3.8) is 0 Å². The first-order valence-electron chi connectivity index (χ1n) is 8.91. The number of benzene rings is 1. The summed E-state index contributed by atoms with van der Waals surface area (Å²) in [5, 5.41) is 3.49. The number of hydrogen-bond acceptors (Lipinski definition) is 5. The predicted molar refractivity (Wildman–Crippen MR) is 101 cm³/mol. The lowest BCUT2D eigenvalue weighted by atomic mass is 9.93. The molecule has 6 nitrogen and oxygen atoms in total. The van der Waals surface area contributed by atoms with Gasteiger partial charge in [-0.25, -0.2) is 4.98 Å². The van der Waals surface area contributed by atoms with Gasteiger partial charge < -0.3 is 10.1 Å². The molecule has 26 heavy (non-hydrogen) atoms. The van der Waals surface area contributed by atoms with E-state index in [-0.39, 0.29) is 24.8 Å². The van der Waals surface area contributed by atoms with E-state index in [0.29, 0.717) is 29.1 Å². The largest absolute Gasteiger partial charge is 0.491 e. The van der Waals surface area contributed by atoms with Crippen LogP contribution < -0.4 is 15.0 Å². The standard InChI is InChI=1S/C19H21N3O3S/c1-12-6-7-13-16(10-12)26-19(20-13)21-17(23)11-22-14-4-2-3-5-15(14)25-9-8-18(22)24/h2-5,12H,6-11H2,1H3,(H,20,21,23). The Balaban J connectivity index is 1.49. The number of ether oxygens (including phenoxy) is 1. The summed E-state index contributed by atoms with van der Waals surface area (Å²) in [5.41, 5.74) is 1.74. The minimum Gasteiger partial charge on any atom is -0.491 e. The molecule has 1 N–H and O–H groups in total. The molecule has 1 unspecified atom stereocenters. The van der Waals surface area contributed by atoms with Gasteiger partial charge in [-0.15, -0.1) is 11.3 Å². The summed E-state index contributed by atoms with van der Waals surface area (Å²) in [6, 6.07) is 7.31. The first kappa shape index (κ1) is 17.0. The zero-order chi connectivity index (χ0) is 18.1. The van der Waals surface area contributed by atoms with Crippen LogP contribution in [0.2, 0.25) is 0 Å². The Kier molecular flexibility index (Phi) is 4.63.